The van der Waals surface area contributed by atoms with Crippen LogP contribution in [0.25, 0.3) is 0 Å². The summed E-state index contributed by atoms with van der Waals surface area (Å²) in [7, 11) is 0. The van der Waals surface area contributed by atoms with Gasteiger partial charge in [-0.1, -0.05) is 25.1 Å². The second-order valence-corrected chi connectivity index (χ2v) is 6.52. The van der Waals surface area contributed by atoms with Gasteiger partial charge in [0.25, 0.3) is 5.91 Å². The van der Waals surface area contributed by atoms with E-state index >= 15 is 0 Å². The van der Waals surface area contributed by atoms with E-state index in [1.165, 1.54) is 11.6 Å². The van der Waals surface area contributed by atoms with Crippen LogP contribution in [0, 0.1) is 0 Å². The number of hydrogen-bond acceptors (Lipinski definition) is 4. The number of carboxylic acid groups (broad SMARTS) is 1. The molecule has 6 nitrogen and oxygen atoms in total. The molecule has 1 heterocycles. The number of aliphatic carboxylic acids is 1. The van der Waals surface area contributed by atoms with Crippen LogP contribution < -0.4 is 10.1 Å². The Kier molecular flexibility index (Phi) is 5.89. The summed E-state index contributed by atoms with van der Waals surface area (Å²) in [5.41, 5.74) is 5.61. The van der Waals surface area contributed by atoms with Gasteiger partial charge in [-0.3, -0.25) is 9.79 Å². The number of nitrogens with one attached hydrogen (secondary N) is 1. The number of ether oxygens (including phenoxy) is 1. The molecule has 0 bridgehead atoms. The van der Waals surface area contributed by atoms with E-state index in [2.05, 4.69) is 17.2 Å². The van der Waals surface area contributed by atoms with Gasteiger partial charge in [-0.2, -0.15) is 0 Å². The van der Waals surface area contributed by atoms with Crippen molar-refractivity contribution >= 4 is 23.3 Å². The predicted octanol–water partition coefficient (Wildman–Crippen LogP) is 4.28. The van der Waals surface area contributed by atoms with Crippen molar-refractivity contribution in [1.29, 1.82) is 0 Å². The Balaban J connectivity index is 1.65. The summed E-state index contributed by atoms with van der Waals surface area (Å²) in [4.78, 5) is 27.7. The number of allylic oxidation sites excluding steroid dienone is 2. The van der Waals surface area contributed by atoms with E-state index in [1.54, 1.807) is 18.2 Å². The normalized spacial score (nSPS) is 13.3. The molecule has 2 N–H and O–H groups in total. The van der Waals surface area contributed by atoms with Crippen LogP contribution in [0.1, 0.15) is 42.6 Å². The van der Waals surface area contributed by atoms with Crippen LogP contribution in [0.3, 0.4) is 0 Å². The fraction of sp³-hybridized carbons (Fsp3) is 0.227. The first-order valence-electron chi connectivity index (χ1n) is 9.09. The summed E-state index contributed by atoms with van der Waals surface area (Å²) in [6.45, 7) is 3.72. The van der Waals surface area contributed by atoms with Crippen LogP contribution in [0.15, 0.2) is 64.8 Å². The molecule has 6 heteroatoms. The number of anilines is 1. The van der Waals surface area contributed by atoms with Gasteiger partial charge in [-0.05, 0) is 54.8 Å². The summed E-state index contributed by atoms with van der Waals surface area (Å²) >= 11 is 0. The van der Waals surface area contributed by atoms with Crippen molar-refractivity contribution in [2.75, 3.05) is 11.9 Å². The molecule has 144 valence electrons. The topological polar surface area (TPSA) is 88.0 Å². The van der Waals surface area contributed by atoms with E-state index in [0.717, 1.165) is 29.8 Å². The van der Waals surface area contributed by atoms with Crippen LogP contribution in [-0.2, 0) is 4.79 Å². The van der Waals surface area contributed by atoms with Gasteiger partial charge >= 0.3 is 5.97 Å². The van der Waals surface area contributed by atoms with Crippen LogP contribution in [0.2, 0.25) is 0 Å². The quantitative estimate of drug-likeness (QED) is 0.753. The maximum absolute atomic E-state index is 12.5. The average molecular weight is 378 g/mol. The minimum absolute atomic E-state index is 0.294. The number of rotatable bonds is 7. The second-order valence-electron chi connectivity index (χ2n) is 6.52. The molecule has 0 aliphatic carbocycles. The molecule has 0 atom stereocenters. The minimum Gasteiger partial charge on any atom is -0.482 e. The van der Waals surface area contributed by atoms with E-state index < -0.39 is 12.6 Å². The number of amides is 1. The number of carbonyl (C=O) groups excluding carboxylic acids is 1. The Morgan fingerprint density at radius 2 is 1.93 bits per heavy atom. The zero-order valence-electron chi connectivity index (χ0n) is 15.9. The Morgan fingerprint density at radius 1 is 1.18 bits per heavy atom. The van der Waals surface area contributed by atoms with Crippen molar-refractivity contribution in [2.45, 2.75) is 26.7 Å². The van der Waals surface area contributed by atoms with E-state index in [-0.39, 0.29) is 5.91 Å². The molecule has 2 aromatic rings. The van der Waals surface area contributed by atoms with Crippen molar-refractivity contribution in [2.24, 2.45) is 4.99 Å². The molecule has 3 rings (SSSR count). The highest BCUT2D eigenvalue weighted by Crippen LogP contribution is 2.26. The van der Waals surface area contributed by atoms with Gasteiger partial charge in [-0.15, -0.1) is 0 Å². The molecular formula is C22H22N2O4. The van der Waals surface area contributed by atoms with Gasteiger partial charge in [0.2, 0.25) is 0 Å². The molecular weight excluding hydrogens is 356 g/mol. The lowest BCUT2D eigenvalue weighted by Crippen LogP contribution is -2.13. The fourth-order valence-electron chi connectivity index (χ4n) is 3.02. The SMILES string of the molecule is CCC1=C(C)N=C(c2ccc(NC(=O)c3cccc(OCC(=O)O)c3)cc2)C1. The monoisotopic (exact) mass is 378 g/mol. The zero-order chi connectivity index (χ0) is 20.1. The lowest BCUT2D eigenvalue weighted by molar-refractivity contribution is -0.139. The van der Waals surface area contributed by atoms with Gasteiger partial charge in [0.05, 0.1) is 5.71 Å². The molecule has 1 aliphatic heterocycles. The highest BCUT2D eigenvalue weighted by atomic mass is 16.5. The van der Waals surface area contributed by atoms with Crippen LogP contribution in [0.4, 0.5) is 5.69 Å². The number of nitrogens with zero attached hydrogens (tertiary/aromatic N) is 1. The highest BCUT2D eigenvalue weighted by Gasteiger charge is 2.15. The summed E-state index contributed by atoms with van der Waals surface area (Å²) in [6, 6.07) is 14.0. The van der Waals surface area contributed by atoms with Crippen molar-refractivity contribution in [1.82, 2.24) is 0 Å². The standard InChI is InChI=1S/C22H22N2O4/c1-3-15-12-20(23-14(15)2)16-7-9-18(10-8-16)24-22(27)17-5-4-6-19(11-17)28-13-21(25)26/h4-11H,3,12-13H2,1-2H3,(H,24,27)(H,25,26). The molecule has 0 fully saturated rings. The van der Waals surface area contributed by atoms with Gasteiger partial charge < -0.3 is 15.2 Å². The molecule has 28 heavy (non-hydrogen) atoms. The molecule has 0 spiro atoms. The first kappa shape index (κ1) is 19.4. The largest absolute Gasteiger partial charge is 0.482 e. The summed E-state index contributed by atoms with van der Waals surface area (Å²) < 4.78 is 5.11. The predicted molar refractivity (Wildman–Crippen MR) is 108 cm³/mol. The summed E-state index contributed by atoms with van der Waals surface area (Å²) in [6.07, 6.45) is 1.87. The average Bonchev–Trinajstić information content (AvgIpc) is 3.08. The van der Waals surface area contributed by atoms with Crippen molar-refractivity contribution < 1.29 is 19.4 Å². The van der Waals surface area contributed by atoms with Crippen molar-refractivity contribution in [3.63, 3.8) is 0 Å². The molecule has 1 amide bonds. The Morgan fingerprint density at radius 3 is 2.57 bits per heavy atom. The van der Waals surface area contributed by atoms with Crippen LogP contribution in [0.5, 0.6) is 5.75 Å². The molecule has 0 saturated heterocycles. The highest BCUT2D eigenvalue weighted by molar-refractivity contribution is 6.06. The number of carboxylic acids is 1. The fourth-order valence-corrected chi connectivity index (χ4v) is 3.02. The summed E-state index contributed by atoms with van der Waals surface area (Å²) in [5, 5.41) is 11.5. The summed E-state index contributed by atoms with van der Waals surface area (Å²) in [5.74, 6) is -1.03. The van der Waals surface area contributed by atoms with Gasteiger partial charge in [-0.25, -0.2) is 4.79 Å². The maximum atomic E-state index is 12.5. The number of hydrogen-bond donors (Lipinski definition) is 2. The van der Waals surface area contributed by atoms with E-state index in [9.17, 15) is 9.59 Å². The smallest absolute Gasteiger partial charge is 0.341 e. The number of aliphatic imine (C=N–C) groups is 1. The maximum Gasteiger partial charge on any atom is 0.341 e. The van der Waals surface area contributed by atoms with Gasteiger partial charge in [0.15, 0.2) is 6.61 Å². The second kappa shape index (κ2) is 8.52. The van der Waals surface area contributed by atoms with Gasteiger partial charge in [0.1, 0.15) is 5.75 Å². The third-order valence-corrected chi connectivity index (χ3v) is 4.56. The van der Waals surface area contributed by atoms with E-state index in [1.807, 2.05) is 31.2 Å². The van der Waals surface area contributed by atoms with Crippen LogP contribution >= 0.6 is 0 Å². The molecule has 0 saturated carbocycles. The molecule has 0 unspecified atom stereocenters. The van der Waals surface area contributed by atoms with Crippen molar-refractivity contribution in [3.8, 4) is 5.75 Å². The number of benzene rings is 2. The third-order valence-electron chi connectivity index (χ3n) is 4.56. The van der Waals surface area contributed by atoms with Gasteiger partial charge in [0, 0.05) is 23.4 Å². The number of carbonyl (C=O) groups is 2. The minimum atomic E-state index is -1.07. The van der Waals surface area contributed by atoms with Crippen molar-refractivity contribution in [3.05, 3.63) is 70.9 Å². The molecule has 0 aromatic heterocycles. The first-order valence-corrected chi connectivity index (χ1v) is 9.09. The lowest BCUT2D eigenvalue weighted by Gasteiger charge is -2.09. The third kappa shape index (κ3) is 4.65. The lowest BCUT2D eigenvalue weighted by atomic mass is 10.0. The Hall–Kier alpha value is -3.41. The molecule has 0 radical (unpaired) electrons. The Labute approximate surface area is 163 Å². The van der Waals surface area contributed by atoms with E-state index in [4.69, 9.17) is 9.84 Å². The Bertz CT molecular complexity index is 959. The first-order chi connectivity index (χ1) is 13.5. The molecule has 1 aliphatic rings. The zero-order valence-corrected chi connectivity index (χ0v) is 15.9. The molecule has 2 aromatic carbocycles. The van der Waals surface area contributed by atoms with Crippen LogP contribution in [-0.4, -0.2) is 29.3 Å². The van der Waals surface area contributed by atoms with E-state index in [0.29, 0.717) is 17.0 Å².